The summed E-state index contributed by atoms with van der Waals surface area (Å²) in [5.74, 6) is -0.107. The summed E-state index contributed by atoms with van der Waals surface area (Å²) in [5, 5.41) is 4.19. The second kappa shape index (κ2) is 11.3. The highest BCUT2D eigenvalue weighted by molar-refractivity contribution is 7.80. The fourth-order valence-corrected chi connectivity index (χ4v) is 4.48. The zero-order valence-corrected chi connectivity index (χ0v) is 22.3. The summed E-state index contributed by atoms with van der Waals surface area (Å²) in [6.45, 7) is 3.86. The predicted molar refractivity (Wildman–Crippen MR) is 148 cm³/mol. The third-order valence-electron chi connectivity index (χ3n) is 6.15. The molecule has 0 saturated carbocycles. The van der Waals surface area contributed by atoms with Gasteiger partial charge >= 0.3 is 0 Å². The maximum absolute atomic E-state index is 13.6. The Morgan fingerprint density at radius 1 is 0.921 bits per heavy atom. The molecule has 1 aliphatic rings. The average Bonchev–Trinajstić information content (AvgIpc) is 3.14. The van der Waals surface area contributed by atoms with Gasteiger partial charge in [-0.15, -0.1) is 0 Å². The summed E-state index contributed by atoms with van der Waals surface area (Å²) in [6, 6.07) is 17.9. The van der Waals surface area contributed by atoms with Crippen molar-refractivity contribution in [2.75, 3.05) is 24.4 Å². The molecule has 1 unspecified atom stereocenters. The molecule has 1 atom stereocenters. The van der Waals surface area contributed by atoms with Gasteiger partial charge in [-0.05, 0) is 86.2 Å². The van der Waals surface area contributed by atoms with Gasteiger partial charge in [0.15, 0.2) is 0 Å². The molecule has 0 aromatic heterocycles. The Kier molecular flexibility index (Phi) is 7.92. The molecule has 1 aliphatic heterocycles. The first-order valence-corrected chi connectivity index (χ1v) is 12.3. The molecule has 1 heterocycles. The van der Waals surface area contributed by atoms with Crippen LogP contribution in [0.1, 0.15) is 27.9 Å². The van der Waals surface area contributed by atoms with E-state index < -0.39 is 23.8 Å². The number of hydrogen-bond acceptors (Lipinski definition) is 6. The molecule has 1 saturated heterocycles. The molecule has 0 radical (unpaired) electrons. The minimum absolute atomic E-state index is 0.0475. The maximum atomic E-state index is 13.6. The minimum Gasteiger partial charge on any atom is -0.497 e. The summed E-state index contributed by atoms with van der Waals surface area (Å²) < 4.78 is 10.4. The molecule has 2 N–H and O–H groups in total. The summed E-state index contributed by atoms with van der Waals surface area (Å²) in [5.41, 5.74) is 6.16. The zero-order chi connectivity index (χ0) is 27.4. The first kappa shape index (κ1) is 26.6. The van der Waals surface area contributed by atoms with E-state index in [-0.39, 0.29) is 11.5 Å². The topological polar surface area (TPSA) is 100 Å². The summed E-state index contributed by atoms with van der Waals surface area (Å²) >= 11 is 5.62. The van der Waals surface area contributed by atoms with Crippen molar-refractivity contribution in [3.63, 3.8) is 0 Å². The van der Waals surface area contributed by atoms with Crippen molar-refractivity contribution >= 4 is 46.4 Å². The molecular weight excluding hydrogens is 504 g/mol. The smallest absolute Gasteiger partial charge is 0.269 e. The molecule has 0 spiro atoms. The molecular formula is C28H28N4O5S. The Hall–Kier alpha value is -4.44. The van der Waals surface area contributed by atoms with Crippen molar-refractivity contribution in [1.29, 1.82) is 0 Å². The van der Waals surface area contributed by atoms with Crippen LogP contribution < -0.4 is 25.1 Å². The van der Waals surface area contributed by atoms with Gasteiger partial charge in [0.1, 0.15) is 17.5 Å². The Bertz CT molecular complexity index is 1370. The second-order valence-electron chi connectivity index (χ2n) is 8.78. The van der Waals surface area contributed by atoms with Crippen LogP contribution in [0.4, 0.5) is 11.4 Å². The standard InChI is InChI=1S/C28H28N4O5S/c1-17-5-14-23(18(2)15-17)29-25(33)16-24-27(35)31(20-8-12-22(37-4)13-9-20)28(38)32(24)30-26(34)19-6-10-21(36-3)11-7-19/h5-15,24H,16H2,1-4H3,(H,29,33)(H,30,34). The van der Waals surface area contributed by atoms with E-state index in [2.05, 4.69) is 10.7 Å². The number of ether oxygens (including phenoxy) is 2. The first-order valence-electron chi connectivity index (χ1n) is 11.8. The molecule has 10 heteroatoms. The third kappa shape index (κ3) is 5.60. The van der Waals surface area contributed by atoms with Crippen molar-refractivity contribution in [3.05, 3.63) is 83.4 Å². The van der Waals surface area contributed by atoms with Crippen molar-refractivity contribution < 1.29 is 23.9 Å². The van der Waals surface area contributed by atoms with E-state index in [1.54, 1.807) is 55.6 Å². The first-order chi connectivity index (χ1) is 18.2. The summed E-state index contributed by atoms with van der Waals surface area (Å²) in [6.07, 6.45) is -0.234. The SMILES string of the molecule is COc1ccc(C(=O)NN2C(=S)N(c3ccc(OC)cc3)C(=O)C2CC(=O)Nc2ccc(C)cc2C)cc1. The lowest BCUT2D eigenvalue weighted by atomic mass is 10.1. The maximum Gasteiger partial charge on any atom is 0.269 e. The predicted octanol–water partition coefficient (Wildman–Crippen LogP) is 4.00. The van der Waals surface area contributed by atoms with Crippen LogP contribution in [0.2, 0.25) is 0 Å². The molecule has 0 aliphatic carbocycles. The van der Waals surface area contributed by atoms with E-state index in [9.17, 15) is 14.4 Å². The van der Waals surface area contributed by atoms with E-state index in [0.717, 1.165) is 11.1 Å². The van der Waals surface area contributed by atoms with Gasteiger partial charge in [-0.1, -0.05) is 17.7 Å². The van der Waals surface area contributed by atoms with Gasteiger partial charge in [-0.2, -0.15) is 0 Å². The molecule has 196 valence electrons. The summed E-state index contributed by atoms with van der Waals surface area (Å²) in [4.78, 5) is 41.0. The van der Waals surface area contributed by atoms with Crippen molar-refractivity contribution in [1.82, 2.24) is 10.4 Å². The van der Waals surface area contributed by atoms with Gasteiger partial charge in [0.25, 0.3) is 11.8 Å². The van der Waals surface area contributed by atoms with Gasteiger partial charge in [0, 0.05) is 11.3 Å². The Balaban J connectivity index is 1.60. The number of carbonyl (C=O) groups is 3. The number of carbonyl (C=O) groups excluding carboxylic acids is 3. The number of nitrogens with zero attached hydrogens (tertiary/aromatic N) is 2. The number of thiocarbonyl (C=S) groups is 1. The van der Waals surface area contributed by atoms with Crippen molar-refractivity contribution in [2.45, 2.75) is 26.3 Å². The normalized spacial score (nSPS) is 14.9. The largest absolute Gasteiger partial charge is 0.497 e. The van der Waals surface area contributed by atoms with Crippen LogP contribution in [0.25, 0.3) is 0 Å². The van der Waals surface area contributed by atoms with Gasteiger partial charge in [-0.3, -0.25) is 24.7 Å². The highest BCUT2D eigenvalue weighted by Crippen LogP contribution is 2.28. The van der Waals surface area contributed by atoms with Crippen LogP contribution in [0.3, 0.4) is 0 Å². The lowest BCUT2D eigenvalue weighted by molar-refractivity contribution is -0.124. The Labute approximate surface area is 226 Å². The van der Waals surface area contributed by atoms with Crippen LogP contribution in [0.15, 0.2) is 66.7 Å². The lowest BCUT2D eigenvalue weighted by Crippen LogP contribution is -2.49. The number of methoxy groups -OCH3 is 2. The van der Waals surface area contributed by atoms with E-state index in [1.807, 2.05) is 32.0 Å². The van der Waals surface area contributed by atoms with Gasteiger partial charge in [0.2, 0.25) is 11.0 Å². The highest BCUT2D eigenvalue weighted by atomic mass is 32.1. The number of amides is 3. The number of rotatable bonds is 8. The number of anilines is 2. The van der Waals surface area contributed by atoms with Crippen molar-refractivity contribution in [2.24, 2.45) is 0 Å². The number of nitrogens with one attached hydrogen (secondary N) is 2. The summed E-state index contributed by atoms with van der Waals surface area (Å²) in [7, 11) is 3.08. The molecule has 0 bridgehead atoms. The van der Waals surface area contributed by atoms with Gasteiger partial charge in [-0.25, -0.2) is 5.01 Å². The second-order valence-corrected chi connectivity index (χ2v) is 9.15. The van der Waals surface area contributed by atoms with E-state index in [4.69, 9.17) is 21.7 Å². The number of benzene rings is 3. The third-order valence-corrected chi connectivity index (χ3v) is 6.53. The molecule has 38 heavy (non-hydrogen) atoms. The monoisotopic (exact) mass is 532 g/mol. The Morgan fingerprint density at radius 3 is 2.11 bits per heavy atom. The quantitative estimate of drug-likeness (QED) is 0.423. The van der Waals surface area contributed by atoms with Crippen LogP contribution in [0, 0.1) is 13.8 Å². The van der Waals surface area contributed by atoms with E-state index in [0.29, 0.717) is 28.4 Å². The zero-order valence-electron chi connectivity index (χ0n) is 21.5. The van der Waals surface area contributed by atoms with E-state index >= 15 is 0 Å². The fraction of sp³-hybridized carbons (Fsp3) is 0.214. The molecule has 3 amide bonds. The van der Waals surface area contributed by atoms with Crippen molar-refractivity contribution in [3.8, 4) is 11.5 Å². The van der Waals surface area contributed by atoms with Gasteiger partial charge < -0.3 is 14.8 Å². The van der Waals surface area contributed by atoms with E-state index in [1.165, 1.54) is 17.0 Å². The fourth-order valence-electron chi connectivity index (χ4n) is 4.12. The number of aryl methyl sites for hydroxylation is 2. The number of hydrogen-bond donors (Lipinski definition) is 2. The molecule has 3 aromatic rings. The Morgan fingerprint density at radius 2 is 1.53 bits per heavy atom. The number of hydrazine groups is 1. The van der Waals surface area contributed by atoms with Crippen LogP contribution >= 0.6 is 12.2 Å². The average molecular weight is 533 g/mol. The molecule has 1 fully saturated rings. The highest BCUT2D eigenvalue weighted by Gasteiger charge is 2.45. The molecule has 9 nitrogen and oxygen atoms in total. The van der Waals surface area contributed by atoms with Gasteiger partial charge in [0.05, 0.1) is 26.3 Å². The van der Waals surface area contributed by atoms with Crippen LogP contribution in [-0.2, 0) is 9.59 Å². The lowest BCUT2D eigenvalue weighted by Gasteiger charge is -2.24. The van der Waals surface area contributed by atoms with Crippen LogP contribution in [-0.4, -0.2) is 48.1 Å². The molecule has 3 aromatic carbocycles. The molecule has 4 rings (SSSR count). The van der Waals surface area contributed by atoms with Crippen LogP contribution in [0.5, 0.6) is 11.5 Å². The minimum atomic E-state index is -1.06.